The smallest absolute Gasteiger partial charge is 0.331 e. The molecule has 2 aromatic carbocycles. The second-order valence-corrected chi connectivity index (χ2v) is 8.44. The van der Waals surface area contributed by atoms with E-state index in [-0.39, 0.29) is 47.6 Å². The number of anilines is 1. The highest BCUT2D eigenvalue weighted by Crippen LogP contribution is 2.17. The van der Waals surface area contributed by atoms with Gasteiger partial charge in [0, 0.05) is 36.8 Å². The number of benzene rings is 2. The first-order chi connectivity index (χ1) is 16.2. The van der Waals surface area contributed by atoms with E-state index in [1.54, 1.807) is 32.0 Å². The summed E-state index contributed by atoms with van der Waals surface area (Å²) in [4.78, 5) is 49.9. The van der Waals surface area contributed by atoms with E-state index in [2.05, 4.69) is 10.6 Å². The van der Waals surface area contributed by atoms with Crippen LogP contribution in [0.1, 0.15) is 37.6 Å². The van der Waals surface area contributed by atoms with Crippen LogP contribution in [-0.2, 0) is 17.9 Å². The van der Waals surface area contributed by atoms with E-state index in [0.717, 1.165) is 10.6 Å². The lowest BCUT2D eigenvalue weighted by Gasteiger charge is -2.15. The van der Waals surface area contributed by atoms with Gasteiger partial charge < -0.3 is 10.6 Å². The maximum Gasteiger partial charge on any atom is 0.331 e. The highest BCUT2D eigenvalue weighted by atomic mass is 35.5. The third kappa shape index (κ3) is 5.36. The van der Waals surface area contributed by atoms with Gasteiger partial charge in [0.1, 0.15) is 5.82 Å². The summed E-state index contributed by atoms with van der Waals surface area (Å²) in [6, 6.07) is 8.62. The van der Waals surface area contributed by atoms with Crippen molar-refractivity contribution in [2.45, 2.75) is 40.3 Å². The molecule has 0 radical (unpaired) electrons. The van der Waals surface area contributed by atoms with E-state index in [1.165, 1.54) is 16.7 Å². The minimum atomic E-state index is -0.720. The monoisotopic (exact) mass is 488 g/mol. The lowest BCUT2D eigenvalue weighted by atomic mass is 10.1. The van der Waals surface area contributed by atoms with Crippen molar-refractivity contribution in [3.63, 3.8) is 0 Å². The number of carbonyl (C=O) groups is 2. The molecule has 1 heterocycles. The molecule has 0 saturated carbocycles. The Kier molecular flexibility index (Phi) is 7.88. The molecule has 0 bridgehead atoms. The van der Waals surface area contributed by atoms with Gasteiger partial charge in [0.05, 0.1) is 16.5 Å². The number of aromatic nitrogens is 2. The molecule has 0 aliphatic carbocycles. The molecule has 0 aliphatic rings. The van der Waals surface area contributed by atoms with Crippen LogP contribution >= 0.6 is 11.6 Å². The molecule has 0 aliphatic heterocycles. The summed E-state index contributed by atoms with van der Waals surface area (Å²) in [7, 11) is 0. The quantitative estimate of drug-likeness (QED) is 0.507. The lowest BCUT2D eigenvalue weighted by Crippen LogP contribution is -2.39. The Hall–Kier alpha value is -3.46. The number of carbonyl (C=O) groups excluding carboxylic acids is 2. The van der Waals surface area contributed by atoms with Crippen LogP contribution in [0.4, 0.5) is 10.1 Å². The zero-order chi connectivity index (χ0) is 25.0. The third-order valence-electron chi connectivity index (χ3n) is 5.46. The normalized spacial score (nSPS) is 11.9. The summed E-state index contributed by atoms with van der Waals surface area (Å²) in [6.07, 6.45) is 0.0923. The van der Waals surface area contributed by atoms with E-state index < -0.39 is 17.3 Å². The molecular weight excluding hydrogens is 463 g/mol. The number of amides is 2. The van der Waals surface area contributed by atoms with E-state index in [1.807, 2.05) is 6.92 Å². The van der Waals surface area contributed by atoms with Gasteiger partial charge in [-0.25, -0.2) is 9.18 Å². The molecule has 3 aromatic rings. The first kappa shape index (κ1) is 25.2. The summed E-state index contributed by atoms with van der Waals surface area (Å²) in [5.74, 6) is -1.85. The van der Waals surface area contributed by atoms with Gasteiger partial charge in [0.15, 0.2) is 0 Å². The van der Waals surface area contributed by atoms with E-state index >= 15 is 0 Å². The molecule has 2 N–H and O–H groups in total. The Bertz CT molecular complexity index is 1370. The van der Waals surface area contributed by atoms with Gasteiger partial charge in [-0.1, -0.05) is 18.5 Å². The largest absolute Gasteiger partial charge is 0.352 e. The third-order valence-corrected chi connectivity index (χ3v) is 5.70. The second-order valence-electron chi connectivity index (χ2n) is 8.00. The molecule has 1 atom stereocenters. The van der Waals surface area contributed by atoms with Crippen LogP contribution in [0.3, 0.4) is 0 Å². The SMILES string of the molecule is CCn1c(=O)c2cc(NC(=O)CC(C)CNC(=O)c3ccc(Cl)cc3F)ccc2n(CC)c1=O. The fourth-order valence-electron chi connectivity index (χ4n) is 3.72. The fraction of sp³-hybridized carbons (Fsp3) is 0.333. The van der Waals surface area contributed by atoms with Gasteiger partial charge in [-0.3, -0.25) is 23.5 Å². The first-order valence-corrected chi connectivity index (χ1v) is 11.3. The average Bonchev–Trinajstić information content (AvgIpc) is 2.78. The van der Waals surface area contributed by atoms with Crippen LogP contribution in [0.2, 0.25) is 5.02 Å². The molecule has 3 rings (SSSR count). The van der Waals surface area contributed by atoms with Crippen molar-refractivity contribution in [3.8, 4) is 0 Å². The molecule has 1 aromatic heterocycles. The Balaban J connectivity index is 1.67. The highest BCUT2D eigenvalue weighted by Gasteiger charge is 2.16. The Morgan fingerprint density at radius 1 is 1.06 bits per heavy atom. The molecule has 8 nitrogen and oxygen atoms in total. The number of hydrogen-bond donors (Lipinski definition) is 2. The standard InChI is InChI=1S/C24H26ClFN4O4/c1-4-29-20-9-7-16(12-18(20)23(33)30(5-2)24(29)34)28-21(31)10-14(3)13-27-22(32)17-8-6-15(25)11-19(17)26/h6-9,11-12,14H,4-5,10,13H2,1-3H3,(H,27,32)(H,28,31). The molecule has 10 heteroatoms. The topological polar surface area (TPSA) is 102 Å². The summed E-state index contributed by atoms with van der Waals surface area (Å²) < 4.78 is 16.6. The molecule has 0 fully saturated rings. The van der Waals surface area contributed by atoms with Crippen molar-refractivity contribution in [3.05, 3.63) is 73.6 Å². The van der Waals surface area contributed by atoms with Gasteiger partial charge in [-0.15, -0.1) is 0 Å². The molecular formula is C24H26ClFN4O4. The molecule has 34 heavy (non-hydrogen) atoms. The lowest BCUT2D eigenvalue weighted by molar-refractivity contribution is -0.116. The van der Waals surface area contributed by atoms with Crippen molar-refractivity contribution >= 4 is 40.0 Å². The van der Waals surface area contributed by atoms with Gasteiger partial charge in [-0.2, -0.15) is 0 Å². The number of fused-ring (bicyclic) bond motifs is 1. The van der Waals surface area contributed by atoms with Crippen LogP contribution in [-0.4, -0.2) is 27.5 Å². The minimum Gasteiger partial charge on any atom is -0.352 e. The van der Waals surface area contributed by atoms with E-state index in [4.69, 9.17) is 11.6 Å². The Labute approximate surface area is 200 Å². The summed E-state index contributed by atoms with van der Waals surface area (Å²) in [5.41, 5.74) is 0.0340. The maximum atomic E-state index is 13.9. The highest BCUT2D eigenvalue weighted by molar-refractivity contribution is 6.30. The van der Waals surface area contributed by atoms with Crippen molar-refractivity contribution in [1.82, 2.24) is 14.5 Å². The number of aryl methyl sites for hydroxylation is 1. The fourth-order valence-corrected chi connectivity index (χ4v) is 3.88. The van der Waals surface area contributed by atoms with Crippen molar-refractivity contribution in [1.29, 1.82) is 0 Å². The van der Waals surface area contributed by atoms with E-state index in [0.29, 0.717) is 23.1 Å². The number of hydrogen-bond acceptors (Lipinski definition) is 4. The number of nitrogens with zero attached hydrogens (tertiary/aromatic N) is 2. The first-order valence-electron chi connectivity index (χ1n) is 11.0. The summed E-state index contributed by atoms with van der Waals surface area (Å²) >= 11 is 5.70. The predicted molar refractivity (Wildman–Crippen MR) is 130 cm³/mol. The molecule has 1 unspecified atom stereocenters. The summed E-state index contributed by atoms with van der Waals surface area (Å²) in [6.45, 7) is 6.14. The van der Waals surface area contributed by atoms with Crippen LogP contribution in [0, 0.1) is 11.7 Å². The van der Waals surface area contributed by atoms with Crippen LogP contribution in [0.25, 0.3) is 10.9 Å². The zero-order valence-electron chi connectivity index (χ0n) is 19.2. The number of rotatable bonds is 8. The van der Waals surface area contributed by atoms with Crippen LogP contribution in [0.5, 0.6) is 0 Å². The number of halogens is 2. The second kappa shape index (κ2) is 10.6. The maximum absolute atomic E-state index is 13.9. The Morgan fingerprint density at radius 2 is 1.76 bits per heavy atom. The van der Waals surface area contributed by atoms with Gasteiger partial charge >= 0.3 is 5.69 Å². The Morgan fingerprint density at radius 3 is 2.41 bits per heavy atom. The molecule has 180 valence electrons. The van der Waals surface area contributed by atoms with E-state index in [9.17, 15) is 23.6 Å². The zero-order valence-corrected chi connectivity index (χ0v) is 19.9. The van der Waals surface area contributed by atoms with Gasteiger partial charge in [0.2, 0.25) is 5.91 Å². The van der Waals surface area contributed by atoms with Crippen LogP contribution < -0.4 is 21.9 Å². The number of nitrogens with one attached hydrogen (secondary N) is 2. The van der Waals surface area contributed by atoms with Crippen molar-refractivity contribution < 1.29 is 14.0 Å². The minimum absolute atomic E-state index is 0.0923. The van der Waals surface area contributed by atoms with Crippen molar-refractivity contribution in [2.75, 3.05) is 11.9 Å². The van der Waals surface area contributed by atoms with Gasteiger partial charge in [0.25, 0.3) is 11.5 Å². The molecule has 0 spiro atoms. The molecule has 2 amide bonds. The van der Waals surface area contributed by atoms with Gasteiger partial charge in [-0.05, 0) is 56.2 Å². The van der Waals surface area contributed by atoms with Crippen LogP contribution in [0.15, 0.2) is 46.0 Å². The molecule has 0 saturated heterocycles. The van der Waals surface area contributed by atoms with Crippen molar-refractivity contribution in [2.24, 2.45) is 5.92 Å². The summed E-state index contributed by atoms with van der Waals surface area (Å²) in [5, 5.41) is 5.90. The average molecular weight is 489 g/mol. The predicted octanol–water partition coefficient (Wildman–Crippen LogP) is 3.39.